The average molecular weight is 511 g/mol. The van der Waals surface area contributed by atoms with Gasteiger partial charge in [0.15, 0.2) is 5.96 Å². The summed E-state index contributed by atoms with van der Waals surface area (Å²) < 4.78 is 2.25. The topological polar surface area (TPSA) is 78.7 Å². The molecule has 1 aliphatic heterocycles. The molecule has 1 aliphatic rings. The van der Waals surface area contributed by atoms with Crippen LogP contribution in [0.4, 0.5) is 0 Å². The third-order valence-electron chi connectivity index (χ3n) is 4.86. The first kappa shape index (κ1) is 23.2. The van der Waals surface area contributed by atoms with Crippen molar-refractivity contribution in [3.63, 3.8) is 0 Å². The minimum Gasteiger partial charge on any atom is -0.357 e. The van der Waals surface area contributed by atoms with E-state index in [-0.39, 0.29) is 35.8 Å². The summed E-state index contributed by atoms with van der Waals surface area (Å²) in [6, 6.07) is 10.5. The maximum Gasteiger partial charge on any atom is 0.229 e. The van der Waals surface area contributed by atoms with E-state index in [4.69, 9.17) is 0 Å². The highest BCUT2D eigenvalue weighted by Gasteiger charge is 2.25. The van der Waals surface area contributed by atoms with E-state index in [1.165, 1.54) is 15.8 Å². The Hall–Kier alpha value is -2.10. The molecule has 1 saturated heterocycles. The number of aryl methyl sites for hydroxylation is 1. The Morgan fingerprint density at radius 1 is 1.07 bits per heavy atom. The summed E-state index contributed by atoms with van der Waals surface area (Å²) in [6.07, 6.45) is 4.65. The third-order valence-corrected chi connectivity index (χ3v) is 4.86. The molecule has 2 heterocycles. The lowest BCUT2D eigenvalue weighted by molar-refractivity contribution is -0.147. The molecule has 29 heavy (non-hydrogen) atoms. The van der Waals surface area contributed by atoms with Crippen LogP contribution in [-0.4, -0.2) is 53.4 Å². The molecule has 2 aromatic rings. The van der Waals surface area contributed by atoms with Crippen LogP contribution in [0.1, 0.15) is 32.6 Å². The second-order valence-electron chi connectivity index (χ2n) is 6.90. The number of imide groups is 1. The fourth-order valence-corrected chi connectivity index (χ4v) is 3.44. The van der Waals surface area contributed by atoms with Crippen LogP contribution in [0, 0.1) is 0 Å². The number of guanidine groups is 1. The van der Waals surface area contributed by atoms with Crippen molar-refractivity contribution in [2.24, 2.45) is 4.99 Å². The molecular weight excluding hydrogens is 481 g/mol. The van der Waals surface area contributed by atoms with Gasteiger partial charge in [-0.15, -0.1) is 24.0 Å². The Morgan fingerprint density at radius 2 is 1.83 bits per heavy atom. The van der Waals surface area contributed by atoms with Crippen molar-refractivity contribution in [3.8, 4) is 0 Å². The van der Waals surface area contributed by atoms with E-state index in [1.807, 2.05) is 6.92 Å². The predicted octanol–water partition coefficient (Wildman–Crippen LogP) is 2.74. The van der Waals surface area contributed by atoms with Crippen molar-refractivity contribution in [1.82, 2.24) is 20.1 Å². The summed E-state index contributed by atoms with van der Waals surface area (Å²) in [5.74, 6) is 0.578. The molecule has 0 saturated carbocycles. The Balaban J connectivity index is 0.00000300. The first-order valence-corrected chi connectivity index (χ1v) is 10.1. The van der Waals surface area contributed by atoms with Gasteiger partial charge in [0.25, 0.3) is 0 Å². The molecule has 7 nitrogen and oxygen atoms in total. The van der Waals surface area contributed by atoms with Crippen molar-refractivity contribution in [1.29, 1.82) is 0 Å². The van der Waals surface area contributed by atoms with Crippen molar-refractivity contribution in [2.75, 3.05) is 26.2 Å². The number of nitrogens with one attached hydrogen (secondary N) is 2. The van der Waals surface area contributed by atoms with Gasteiger partial charge < -0.3 is 15.2 Å². The maximum absolute atomic E-state index is 11.9. The molecule has 2 amide bonds. The van der Waals surface area contributed by atoms with Crippen LogP contribution in [0.25, 0.3) is 10.9 Å². The van der Waals surface area contributed by atoms with Crippen LogP contribution >= 0.6 is 24.0 Å². The molecule has 0 aliphatic carbocycles. The van der Waals surface area contributed by atoms with Crippen LogP contribution in [0.15, 0.2) is 41.5 Å². The SMILES string of the molecule is CCNC(=NCCCn1ccc2ccccc21)NCCN1C(=O)CCCC1=O.I. The number of fused-ring (bicyclic) bond motifs is 1. The zero-order chi connectivity index (χ0) is 19.8. The molecule has 0 bridgehead atoms. The van der Waals surface area contributed by atoms with Gasteiger partial charge in [-0.25, -0.2) is 0 Å². The number of para-hydroxylation sites is 1. The predicted molar refractivity (Wildman–Crippen MR) is 127 cm³/mol. The number of piperidine rings is 1. The fourth-order valence-electron chi connectivity index (χ4n) is 3.44. The van der Waals surface area contributed by atoms with Gasteiger partial charge in [-0.2, -0.15) is 0 Å². The maximum atomic E-state index is 11.9. The number of halogens is 1. The molecule has 0 radical (unpaired) electrons. The normalized spacial score (nSPS) is 14.8. The van der Waals surface area contributed by atoms with Crippen molar-refractivity contribution in [3.05, 3.63) is 36.5 Å². The van der Waals surface area contributed by atoms with Crippen molar-refractivity contribution < 1.29 is 9.59 Å². The summed E-state index contributed by atoms with van der Waals surface area (Å²) in [5, 5.41) is 7.68. The van der Waals surface area contributed by atoms with E-state index < -0.39 is 0 Å². The second-order valence-corrected chi connectivity index (χ2v) is 6.90. The van der Waals surface area contributed by atoms with E-state index in [9.17, 15) is 9.59 Å². The first-order valence-electron chi connectivity index (χ1n) is 10.1. The summed E-state index contributed by atoms with van der Waals surface area (Å²) in [6.45, 7) is 5.27. The highest BCUT2D eigenvalue weighted by atomic mass is 127. The Bertz CT molecular complexity index is 832. The molecule has 158 valence electrons. The van der Waals surface area contributed by atoms with Crippen LogP contribution < -0.4 is 10.6 Å². The number of amides is 2. The lowest BCUT2D eigenvalue weighted by Gasteiger charge is -2.25. The molecule has 3 rings (SSSR count). The Morgan fingerprint density at radius 3 is 2.59 bits per heavy atom. The standard InChI is InChI=1S/C21H29N5O2.HI/c1-2-22-21(24-13-16-26-19(27)9-5-10-20(26)28)23-12-6-14-25-15-11-17-7-3-4-8-18(17)25;/h3-4,7-8,11,15H,2,5-6,9-10,12-14,16H2,1H3,(H2,22,23,24);1H. The number of hydrogen-bond acceptors (Lipinski definition) is 3. The number of carbonyl (C=O) groups excluding carboxylic acids is 2. The summed E-state index contributed by atoms with van der Waals surface area (Å²) in [5.41, 5.74) is 1.24. The summed E-state index contributed by atoms with van der Waals surface area (Å²) >= 11 is 0. The number of carbonyl (C=O) groups is 2. The van der Waals surface area contributed by atoms with Gasteiger partial charge >= 0.3 is 0 Å². The van der Waals surface area contributed by atoms with Gasteiger partial charge in [0.05, 0.1) is 0 Å². The fraction of sp³-hybridized carbons (Fsp3) is 0.476. The zero-order valence-electron chi connectivity index (χ0n) is 16.9. The average Bonchev–Trinajstić information content (AvgIpc) is 3.10. The highest BCUT2D eigenvalue weighted by Crippen LogP contribution is 2.15. The summed E-state index contributed by atoms with van der Waals surface area (Å²) in [7, 11) is 0. The molecule has 2 N–H and O–H groups in total. The largest absolute Gasteiger partial charge is 0.357 e. The van der Waals surface area contributed by atoms with Gasteiger partial charge in [-0.1, -0.05) is 18.2 Å². The van der Waals surface area contributed by atoms with Crippen LogP contribution in [-0.2, 0) is 16.1 Å². The van der Waals surface area contributed by atoms with Crippen LogP contribution in [0.3, 0.4) is 0 Å². The molecular formula is C21H30IN5O2. The number of benzene rings is 1. The molecule has 0 spiro atoms. The lowest BCUT2D eigenvalue weighted by Crippen LogP contribution is -2.46. The minimum absolute atomic E-state index is 0. The number of likely N-dealkylation sites (tertiary alicyclic amines) is 1. The van der Waals surface area contributed by atoms with Gasteiger partial charge in [-0.3, -0.25) is 19.5 Å². The number of nitrogens with zero attached hydrogens (tertiary/aromatic N) is 3. The lowest BCUT2D eigenvalue weighted by atomic mass is 10.1. The zero-order valence-corrected chi connectivity index (χ0v) is 19.2. The third kappa shape index (κ3) is 6.45. The molecule has 0 unspecified atom stereocenters. The molecule has 1 fully saturated rings. The Labute approximate surface area is 188 Å². The molecule has 1 aromatic carbocycles. The van der Waals surface area contributed by atoms with E-state index in [0.717, 1.165) is 25.5 Å². The number of aromatic nitrogens is 1. The Kier molecular flexibility index (Phi) is 9.43. The highest BCUT2D eigenvalue weighted by molar-refractivity contribution is 14.0. The van der Waals surface area contributed by atoms with Gasteiger partial charge in [0.1, 0.15) is 0 Å². The van der Waals surface area contributed by atoms with Crippen LogP contribution in [0.2, 0.25) is 0 Å². The smallest absolute Gasteiger partial charge is 0.229 e. The van der Waals surface area contributed by atoms with E-state index >= 15 is 0 Å². The van der Waals surface area contributed by atoms with Crippen molar-refractivity contribution >= 4 is 52.7 Å². The summed E-state index contributed by atoms with van der Waals surface area (Å²) in [4.78, 5) is 29.7. The minimum atomic E-state index is -0.0704. The number of aliphatic imine (C=N–C) groups is 1. The van der Waals surface area contributed by atoms with Gasteiger partial charge in [0.2, 0.25) is 11.8 Å². The van der Waals surface area contributed by atoms with E-state index in [1.54, 1.807) is 0 Å². The molecule has 0 atom stereocenters. The van der Waals surface area contributed by atoms with Crippen molar-refractivity contribution in [2.45, 2.75) is 39.2 Å². The molecule has 8 heteroatoms. The first-order chi connectivity index (χ1) is 13.7. The van der Waals surface area contributed by atoms with Crippen LogP contribution in [0.5, 0.6) is 0 Å². The second kappa shape index (κ2) is 11.8. The quantitative estimate of drug-likeness (QED) is 0.188. The van der Waals surface area contributed by atoms with E-state index in [2.05, 4.69) is 56.7 Å². The van der Waals surface area contributed by atoms with E-state index in [0.29, 0.717) is 38.9 Å². The number of hydrogen-bond donors (Lipinski definition) is 2. The molecule has 1 aromatic heterocycles. The monoisotopic (exact) mass is 511 g/mol. The van der Waals surface area contributed by atoms with Gasteiger partial charge in [-0.05, 0) is 37.3 Å². The number of rotatable bonds is 8. The van der Waals surface area contributed by atoms with Gasteiger partial charge in [0, 0.05) is 57.3 Å².